The Balaban J connectivity index is 1.65. The Kier molecular flexibility index (Phi) is 5.40. The van der Waals surface area contributed by atoms with Gasteiger partial charge in [-0.05, 0) is 31.0 Å². The molecular weight excluding hydrogens is 268 g/mol. The number of furan rings is 1. The van der Waals surface area contributed by atoms with E-state index in [-0.39, 0.29) is 12.6 Å². The monoisotopic (exact) mass is 288 g/mol. The van der Waals surface area contributed by atoms with Crippen molar-refractivity contribution in [1.29, 1.82) is 0 Å². The summed E-state index contributed by atoms with van der Waals surface area (Å²) in [6.07, 6.45) is -0.0626. The highest BCUT2D eigenvalue weighted by molar-refractivity contribution is 5.73. The molecule has 1 atom stereocenters. The van der Waals surface area contributed by atoms with E-state index in [2.05, 4.69) is 10.6 Å². The van der Waals surface area contributed by atoms with Gasteiger partial charge in [-0.3, -0.25) is 0 Å². The van der Waals surface area contributed by atoms with E-state index >= 15 is 0 Å². The van der Waals surface area contributed by atoms with Crippen LogP contribution >= 0.6 is 0 Å². The van der Waals surface area contributed by atoms with Crippen molar-refractivity contribution in [2.45, 2.75) is 19.4 Å². The predicted molar refractivity (Wildman–Crippen MR) is 80.0 cm³/mol. The maximum atomic E-state index is 11.6. The van der Waals surface area contributed by atoms with E-state index in [1.54, 1.807) is 19.1 Å². The molecule has 112 valence electrons. The molecule has 2 amide bonds. The Hall–Kier alpha value is -2.27. The van der Waals surface area contributed by atoms with Gasteiger partial charge in [0.1, 0.15) is 17.6 Å². The standard InChI is InChI=1S/C16H20N2O3/c1-12-7-8-15(21-12)14(19)11-18-16(20)17-10-9-13-5-3-2-4-6-13/h2-8,14,19H,9-11H2,1H3,(H2,17,18,20)/t14-/m0/s1. The van der Waals surface area contributed by atoms with Gasteiger partial charge in [-0.25, -0.2) is 4.79 Å². The van der Waals surface area contributed by atoms with Crippen molar-refractivity contribution >= 4 is 6.03 Å². The Labute approximate surface area is 124 Å². The number of hydrogen-bond acceptors (Lipinski definition) is 3. The van der Waals surface area contributed by atoms with Crippen LogP contribution in [0, 0.1) is 6.92 Å². The van der Waals surface area contributed by atoms with Crippen molar-refractivity contribution in [3.8, 4) is 0 Å². The molecule has 0 radical (unpaired) electrons. The molecule has 2 rings (SSSR count). The molecule has 0 saturated carbocycles. The molecule has 1 aromatic carbocycles. The molecule has 1 aromatic heterocycles. The lowest BCUT2D eigenvalue weighted by Gasteiger charge is -2.11. The SMILES string of the molecule is Cc1ccc([C@@H](O)CNC(=O)NCCc2ccccc2)o1. The molecule has 0 spiro atoms. The minimum absolute atomic E-state index is 0.115. The van der Waals surface area contributed by atoms with Gasteiger partial charge in [-0.2, -0.15) is 0 Å². The minimum atomic E-state index is -0.835. The average molecular weight is 288 g/mol. The summed E-state index contributed by atoms with van der Waals surface area (Å²) in [7, 11) is 0. The number of benzene rings is 1. The summed E-state index contributed by atoms with van der Waals surface area (Å²) in [5.74, 6) is 1.19. The van der Waals surface area contributed by atoms with Crippen LogP contribution in [0.4, 0.5) is 4.79 Å². The van der Waals surface area contributed by atoms with Gasteiger partial charge in [-0.1, -0.05) is 30.3 Å². The summed E-state index contributed by atoms with van der Waals surface area (Å²) in [5, 5.41) is 15.2. The van der Waals surface area contributed by atoms with Crippen LogP contribution < -0.4 is 10.6 Å². The number of urea groups is 1. The predicted octanol–water partition coefficient (Wildman–Crippen LogP) is 2.16. The number of aliphatic hydroxyl groups is 1. The molecule has 5 nitrogen and oxygen atoms in total. The summed E-state index contributed by atoms with van der Waals surface area (Å²) >= 11 is 0. The molecule has 3 N–H and O–H groups in total. The lowest BCUT2D eigenvalue weighted by molar-refractivity contribution is 0.146. The highest BCUT2D eigenvalue weighted by atomic mass is 16.4. The Morgan fingerprint density at radius 3 is 2.62 bits per heavy atom. The fourth-order valence-corrected chi connectivity index (χ4v) is 1.95. The van der Waals surface area contributed by atoms with Crippen LogP contribution in [-0.2, 0) is 6.42 Å². The van der Waals surface area contributed by atoms with Gasteiger partial charge in [0, 0.05) is 6.54 Å². The van der Waals surface area contributed by atoms with E-state index in [0.717, 1.165) is 12.2 Å². The third kappa shape index (κ3) is 4.96. The van der Waals surface area contributed by atoms with Gasteiger partial charge >= 0.3 is 6.03 Å². The van der Waals surface area contributed by atoms with E-state index in [1.807, 2.05) is 30.3 Å². The van der Waals surface area contributed by atoms with Gasteiger partial charge in [0.25, 0.3) is 0 Å². The fraction of sp³-hybridized carbons (Fsp3) is 0.312. The molecule has 1 heterocycles. The molecule has 0 aliphatic heterocycles. The summed E-state index contributed by atoms with van der Waals surface area (Å²) in [4.78, 5) is 11.6. The van der Waals surface area contributed by atoms with Crippen LogP contribution in [0.2, 0.25) is 0 Å². The molecule has 0 bridgehead atoms. The normalized spacial score (nSPS) is 11.9. The van der Waals surface area contributed by atoms with Crippen LogP contribution in [0.25, 0.3) is 0 Å². The van der Waals surface area contributed by atoms with Gasteiger partial charge in [-0.15, -0.1) is 0 Å². The Morgan fingerprint density at radius 1 is 1.19 bits per heavy atom. The van der Waals surface area contributed by atoms with Gasteiger partial charge in [0.05, 0.1) is 6.54 Å². The Bertz CT molecular complexity index is 566. The van der Waals surface area contributed by atoms with Crippen molar-refractivity contribution < 1.29 is 14.3 Å². The second-order valence-electron chi connectivity index (χ2n) is 4.84. The number of amides is 2. The first-order valence-corrected chi connectivity index (χ1v) is 6.95. The molecule has 0 aliphatic carbocycles. The van der Waals surface area contributed by atoms with E-state index in [0.29, 0.717) is 12.3 Å². The maximum Gasteiger partial charge on any atom is 0.314 e. The fourth-order valence-electron chi connectivity index (χ4n) is 1.95. The molecular formula is C16H20N2O3. The van der Waals surface area contributed by atoms with Crippen molar-refractivity contribution in [2.24, 2.45) is 0 Å². The molecule has 5 heteroatoms. The average Bonchev–Trinajstić information content (AvgIpc) is 2.92. The van der Waals surface area contributed by atoms with Crippen molar-refractivity contribution in [3.63, 3.8) is 0 Å². The van der Waals surface area contributed by atoms with E-state index in [1.165, 1.54) is 5.56 Å². The van der Waals surface area contributed by atoms with Crippen LogP contribution in [0.15, 0.2) is 46.9 Å². The lowest BCUT2D eigenvalue weighted by atomic mass is 10.1. The molecule has 2 aromatic rings. The first-order chi connectivity index (χ1) is 10.1. The third-order valence-corrected chi connectivity index (χ3v) is 3.09. The van der Waals surface area contributed by atoms with Crippen LogP contribution in [0.5, 0.6) is 0 Å². The second kappa shape index (κ2) is 7.50. The number of rotatable bonds is 6. The first-order valence-electron chi connectivity index (χ1n) is 6.95. The molecule has 21 heavy (non-hydrogen) atoms. The van der Waals surface area contributed by atoms with E-state index in [4.69, 9.17) is 4.42 Å². The first kappa shape index (κ1) is 15.1. The van der Waals surface area contributed by atoms with Gasteiger partial charge < -0.3 is 20.2 Å². The smallest absolute Gasteiger partial charge is 0.314 e. The summed E-state index contributed by atoms with van der Waals surface area (Å²) in [5.41, 5.74) is 1.17. The number of nitrogens with one attached hydrogen (secondary N) is 2. The van der Waals surface area contributed by atoms with Crippen molar-refractivity contribution in [3.05, 3.63) is 59.5 Å². The van der Waals surface area contributed by atoms with Crippen molar-refractivity contribution in [1.82, 2.24) is 10.6 Å². The highest BCUT2D eigenvalue weighted by Gasteiger charge is 2.12. The van der Waals surface area contributed by atoms with Crippen molar-refractivity contribution in [2.75, 3.05) is 13.1 Å². The van der Waals surface area contributed by atoms with Crippen LogP contribution in [0.3, 0.4) is 0 Å². The number of aliphatic hydroxyl groups excluding tert-OH is 1. The van der Waals surface area contributed by atoms with Crippen LogP contribution in [0.1, 0.15) is 23.2 Å². The summed E-state index contributed by atoms with van der Waals surface area (Å²) in [6, 6.07) is 13.1. The number of carbonyl (C=O) groups excluding carboxylic acids is 1. The largest absolute Gasteiger partial charge is 0.464 e. The number of aryl methyl sites for hydroxylation is 1. The van der Waals surface area contributed by atoms with E-state index < -0.39 is 6.10 Å². The Morgan fingerprint density at radius 2 is 1.95 bits per heavy atom. The molecule has 0 fully saturated rings. The zero-order chi connectivity index (χ0) is 15.1. The third-order valence-electron chi connectivity index (χ3n) is 3.09. The zero-order valence-electron chi connectivity index (χ0n) is 12.0. The summed E-state index contributed by atoms with van der Waals surface area (Å²) < 4.78 is 5.29. The zero-order valence-corrected chi connectivity index (χ0v) is 12.0. The minimum Gasteiger partial charge on any atom is -0.464 e. The second-order valence-corrected chi connectivity index (χ2v) is 4.84. The summed E-state index contributed by atoms with van der Waals surface area (Å²) in [6.45, 7) is 2.47. The van der Waals surface area contributed by atoms with E-state index in [9.17, 15) is 9.90 Å². The lowest BCUT2D eigenvalue weighted by Crippen LogP contribution is -2.38. The highest BCUT2D eigenvalue weighted by Crippen LogP contribution is 2.14. The topological polar surface area (TPSA) is 74.5 Å². The number of hydrogen-bond donors (Lipinski definition) is 3. The quantitative estimate of drug-likeness (QED) is 0.762. The van der Waals surface area contributed by atoms with Gasteiger partial charge in [0.2, 0.25) is 0 Å². The molecule has 0 saturated heterocycles. The van der Waals surface area contributed by atoms with Gasteiger partial charge in [0.15, 0.2) is 0 Å². The maximum absolute atomic E-state index is 11.6. The molecule has 0 aliphatic rings. The van der Waals surface area contributed by atoms with Crippen LogP contribution in [-0.4, -0.2) is 24.2 Å². The molecule has 0 unspecified atom stereocenters. The number of carbonyl (C=O) groups is 1.